The molecule has 0 saturated heterocycles. The van der Waals surface area contributed by atoms with E-state index >= 15 is 0 Å². The quantitative estimate of drug-likeness (QED) is 0.638. The van der Waals surface area contributed by atoms with Crippen molar-refractivity contribution in [1.29, 1.82) is 0 Å². The highest BCUT2D eigenvalue weighted by molar-refractivity contribution is 5.98. The third-order valence-corrected chi connectivity index (χ3v) is 7.02. The number of hydrogen-bond donors (Lipinski definition) is 2. The fourth-order valence-corrected chi connectivity index (χ4v) is 5.16. The van der Waals surface area contributed by atoms with Crippen LogP contribution in [0.2, 0.25) is 0 Å². The minimum absolute atomic E-state index is 0.0293. The first-order chi connectivity index (χ1) is 14.7. The topological polar surface area (TPSA) is 48.1 Å². The van der Waals surface area contributed by atoms with Crippen molar-refractivity contribution in [1.82, 2.24) is 15.2 Å². The number of aromatic nitrogens is 1. The number of H-pyrrole nitrogens is 1. The van der Waals surface area contributed by atoms with Gasteiger partial charge in [-0.1, -0.05) is 42.5 Å². The van der Waals surface area contributed by atoms with E-state index in [1.54, 1.807) is 0 Å². The van der Waals surface area contributed by atoms with Gasteiger partial charge in [0.15, 0.2) is 0 Å². The minimum atomic E-state index is 0.0293. The molecule has 2 aromatic carbocycles. The van der Waals surface area contributed by atoms with E-state index in [2.05, 4.69) is 39.5 Å². The van der Waals surface area contributed by atoms with Gasteiger partial charge < -0.3 is 10.3 Å². The number of fused-ring (bicyclic) bond motifs is 2. The molecule has 0 unspecified atom stereocenters. The van der Waals surface area contributed by atoms with Crippen LogP contribution in [0.3, 0.4) is 0 Å². The van der Waals surface area contributed by atoms with E-state index in [9.17, 15) is 4.79 Å². The van der Waals surface area contributed by atoms with Crippen molar-refractivity contribution in [3.8, 4) is 0 Å². The molecule has 2 N–H and O–H groups in total. The number of nitrogens with zero attached hydrogens (tertiary/aromatic N) is 1. The third-order valence-electron chi connectivity index (χ3n) is 7.02. The van der Waals surface area contributed by atoms with Crippen molar-refractivity contribution in [2.45, 2.75) is 51.1 Å². The number of hydrogen-bond acceptors (Lipinski definition) is 2. The predicted molar refractivity (Wildman–Crippen MR) is 122 cm³/mol. The minimum Gasteiger partial charge on any atom is -0.351 e. The van der Waals surface area contributed by atoms with E-state index in [0.717, 1.165) is 36.2 Å². The molecule has 156 valence electrons. The fraction of sp³-hybridized carbons (Fsp3) is 0.423. The standard InChI is InChI=1S/C26H31N3O/c30-26(25-17-21-6-3-4-8-24(21)28-25)27-23-11-9-19(10-12-23)13-15-29-16-14-20-5-1-2-7-22(20)18-29/h1-8,17,19,23,28H,9-16,18H2,(H,27,30). The average molecular weight is 402 g/mol. The lowest BCUT2D eigenvalue weighted by molar-refractivity contribution is 0.0915. The number of carbonyl (C=O) groups excluding carboxylic acids is 1. The number of carbonyl (C=O) groups is 1. The molecule has 1 aliphatic carbocycles. The number of nitrogens with one attached hydrogen (secondary N) is 2. The largest absolute Gasteiger partial charge is 0.351 e. The second-order valence-corrected chi connectivity index (χ2v) is 9.04. The molecule has 1 fully saturated rings. The number of para-hydroxylation sites is 1. The molecule has 1 aliphatic heterocycles. The predicted octanol–water partition coefficient (Wildman–Crippen LogP) is 4.90. The van der Waals surface area contributed by atoms with Crippen LogP contribution in [0, 0.1) is 5.92 Å². The Balaban J connectivity index is 1.07. The molecule has 0 atom stereocenters. The molecule has 3 aromatic rings. The summed E-state index contributed by atoms with van der Waals surface area (Å²) in [6.45, 7) is 3.49. The maximum Gasteiger partial charge on any atom is 0.267 e. The number of amides is 1. The van der Waals surface area contributed by atoms with Crippen molar-refractivity contribution in [2.75, 3.05) is 13.1 Å². The highest BCUT2D eigenvalue weighted by atomic mass is 16.1. The SMILES string of the molecule is O=C(NC1CCC(CCN2CCc3ccccc3C2)CC1)c1cc2ccccc2[nH]1. The highest BCUT2D eigenvalue weighted by Crippen LogP contribution is 2.28. The highest BCUT2D eigenvalue weighted by Gasteiger charge is 2.24. The molecule has 0 bridgehead atoms. The Bertz CT molecular complexity index is 983. The lowest BCUT2D eigenvalue weighted by atomic mass is 9.84. The van der Waals surface area contributed by atoms with Crippen LogP contribution in [0.25, 0.3) is 10.9 Å². The zero-order valence-electron chi connectivity index (χ0n) is 17.6. The summed E-state index contributed by atoms with van der Waals surface area (Å²) in [4.78, 5) is 18.5. The first-order valence-electron chi connectivity index (χ1n) is 11.4. The Morgan fingerprint density at radius 1 is 1.00 bits per heavy atom. The molecular formula is C26H31N3O. The number of aromatic amines is 1. The molecule has 0 radical (unpaired) electrons. The van der Waals surface area contributed by atoms with Gasteiger partial charge in [-0.25, -0.2) is 0 Å². The molecule has 1 saturated carbocycles. The summed E-state index contributed by atoms with van der Waals surface area (Å²) in [5.74, 6) is 0.824. The molecule has 1 aromatic heterocycles. The van der Waals surface area contributed by atoms with E-state index < -0.39 is 0 Å². The van der Waals surface area contributed by atoms with E-state index in [1.165, 1.54) is 49.9 Å². The van der Waals surface area contributed by atoms with Crippen LogP contribution in [0.4, 0.5) is 0 Å². The average Bonchev–Trinajstić information content (AvgIpc) is 3.23. The number of rotatable bonds is 5. The van der Waals surface area contributed by atoms with Gasteiger partial charge in [-0.2, -0.15) is 0 Å². The Kier molecular flexibility index (Phi) is 5.58. The number of benzene rings is 2. The van der Waals surface area contributed by atoms with Gasteiger partial charge in [0.25, 0.3) is 5.91 Å². The summed E-state index contributed by atoms with van der Waals surface area (Å²) in [7, 11) is 0. The Hall–Kier alpha value is -2.59. The molecule has 4 heteroatoms. The van der Waals surface area contributed by atoms with Gasteiger partial charge >= 0.3 is 0 Å². The maximum absolute atomic E-state index is 12.6. The van der Waals surface area contributed by atoms with Crippen molar-refractivity contribution < 1.29 is 4.79 Å². The molecule has 1 amide bonds. The zero-order valence-corrected chi connectivity index (χ0v) is 17.6. The lowest BCUT2D eigenvalue weighted by Gasteiger charge is -2.32. The summed E-state index contributed by atoms with van der Waals surface area (Å²) < 4.78 is 0. The fourth-order valence-electron chi connectivity index (χ4n) is 5.16. The molecule has 30 heavy (non-hydrogen) atoms. The van der Waals surface area contributed by atoms with E-state index in [-0.39, 0.29) is 5.91 Å². The summed E-state index contributed by atoms with van der Waals surface area (Å²) in [6.07, 6.45) is 7.11. The van der Waals surface area contributed by atoms with E-state index in [4.69, 9.17) is 0 Å². The van der Waals surface area contributed by atoms with Crippen LogP contribution in [0.1, 0.15) is 53.7 Å². The van der Waals surface area contributed by atoms with Gasteiger partial charge in [0.2, 0.25) is 0 Å². The molecule has 2 aliphatic rings. The van der Waals surface area contributed by atoms with Gasteiger partial charge in [0.1, 0.15) is 5.69 Å². The molecule has 4 nitrogen and oxygen atoms in total. The van der Waals surface area contributed by atoms with Crippen LogP contribution in [0.15, 0.2) is 54.6 Å². The molecule has 2 heterocycles. The summed E-state index contributed by atoms with van der Waals surface area (Å²) in [6, 6.07) is 19.2. The lowest BCUT2D eigenvalue weighted by Crippen LogP contribution is -2.38. The molecule has 5 rings (SSSR count). The van der Waals surface area contributed by atoms with Crippen LogP contribution >= 0.6 is 0 Å². The smallest absolute Gasteiger partial charge is 0.267 e. The summed E-state index contributed by atoms with van der Waals surface area (Å²) in [5, 5.41) is 4.34. The zero-order chi connectivity index (χ0) is 20.3. The normalized spacial score (nSPS) is 22.0. The van der Waals surface area contributed by atoms with E-state index in [0.29, 0.717) is 11.7 Å². The Labute approximate surface area is 178 Å². The second-order valence-electron chi connectivity index (χ2n) is 9.04. The van der Waals surface area contributed by atoms with E-state index in [1.807, 2.05) is 30.3 Å². The Morgan fingerprint density at radius 3 is 2.60 bits per heavy atom. The van der Waals surface area contributed by atoms with Crippen molar-refractivity contribution in [3.05, 3.63) is 71.4 Å². The van der Waals surface area contributed by atoms with Crippen molar-refractivity contribution >= 4 is 16.8 Å². The van der Waals surface area contributed by atoms with Gasteiger partial charge in [0.05, 0.1) is 0 Å². The first-order valence-corrected chi connectivity index (χ1v) is 11.4. The molecular weight excluding hydrogens is 370 g/mol. The van der Waals surface area contributed by atoms with Gasteiger partial charge in [-0.05, 0) is 74.2 Å². The van der Waals surface area contributed by atoms with Gasteiger partial charge in [-0.3, -0.25) is 9.69 Å². The van der Waals surface area contributed by atoms with Gasteiger partial charge in [0, 0.05) is 30.0 Å². The third kappa shape index (κ3) is 4.29. The monoisotopic (exact) mass is 401 g/mol. The maximum atomic E-state index is 12.6. The van der Waals surface area contributed by atoms with Crippen LogP contribution in [-0.2, 0) is 13.0 Å². The second kappa shape index (κ2) is 8.65. The molecule has 0 spiro atoms. The van der Waals surface area contributed by atoms with Crippen LogP contribution < -0.4 is 5.32 Å². The Morgan fingerprint density at radius 2 is 1.77 bits per heavy atom. The summed E-state index contributed by atoms with van der Waals surface area (Å²) in [5.41, 5.74) is 4.72. The summed E-state index contributed by atoms with van der Waals surface area (Å²) >= 11 is 0. The van der Waals surface area contributed by atoms with Crippen LogP contribution in [-0.4, -0.2) is 34.9 Å². The van der Waals surface area contributed by atoms with Crippen LogP contribution in [0.5, 0.6) is 0 Å². The van der Waals surface area contributed by atoms with Gasteiger partial charge in [-0.15, -0.1) is 0 Å². The van der Waals surface area contributed by atoms with Crippen molar-refractivity contribution in [3.63, 3.8) is 0 Å². The first kappa shape index (κ1) is 19.4. The van der Waals surface area contributed by atoms with Crippen molar-refractivity contribution in [2.24, 2.45) is 5.92 Å².